The number of hydrogen-bond acceptors (Lipinski definition) is 0. The van der Waals surface area contributed by atoms with Crippen molar-refractivity contribution in [1.29, 1.82) is 0 Å². The Kier molecular flexibility index (Phi) is 4.54. The number of fused-ring (bicyclic) bond motifs is 7. The standard InChI is InChI=1S/C34H25.Zr/c1-34(2)30-19-27-24-14-8-6-12-22(24)18-29(27)32(33(30)34)26-16-15-25-23-13-7-5-11-21(23)17-28(25)31(26)20-9-3-4-10-20;/h3,5-9,11-16,19H,4,17-18H2,1-2H3;/q-1;. The maximum absolute atomic E-state index is 3.69. The minimum atomic E-state index is 0. The van der Waals surface area contributed by atoms with Crippen molar-refractivity contribution in [3.63, 3.8) is 0 Å². The number of allylic oxidation sites excluding steroid dienone is 4. The van der Waals surface area contributed by atoms with E-state index in [-0.39, 0.29) is 31.6 Å². The zero-order chi connectivity index (χ0) is 22.6. The van der Waals surface area contributed by atoms with Gasteiger partial charge in [-0.15, -0.1) is 11.6 Å². The Morgan fingerprint density at radius 2 is 1.31 bits per heavy atom. The third-order valence-electron chi connectivity index (χ3n) is 8.57. The second-order valence-corrected chi connectivity index (χ2v) is 10.7. The topological polar surface area (TPSA) is 0 Å². The van der Waals surface area contributed by atoms with Gasteiger partial charge in [-0.1, -0.05) is 92.1 Å². The van der Waals surface area contributed by atoms with Crippen LogP contribution in [0.1, 0.15) is 59.2 Å². The number of benzene rings is 4. The minimum absolute atomic E-state index is 0. The molecule has 0 heterocycles. The predicted molar refractivity (Wildman–Crippen MR) is 141 cm³/mol. The molecule has 1 heteroatoms. The van der Waals surface area contributed by atoms with Crippen LogP contribution in [0.5, 0.6) is 0 Å². The van der Waals surface area contributed by atoms with Crippen molar-refractivity contribution in [2.45, 2.75) is 38.5 Å². The minimum Gasteiger partial charge on any atom is -0.197 e. The van der Waals surface area contributed by atoms with Gasteiger partial charge >= 0.3 is 0 Å². The zero-order valence-corrected chi connectivity index (χ0v) is 22.6. The van der Waals surface area contributed by atoms with Crippen LogP contribution in [0, 0.1) is 6.08 Å². The molecule has 35 heavy (non-hydrogen) atoms. The third kappa shape index (κ3) is 2.83. The van der Waals surface area contributed by atoms with Gasteiger partial charge in [0.25, 0.3) is 0 Å². The first-order valence-corrected chi connectivity index (χ1v) is 12.4. The molecule has 0 spiro atoms. The predicted octanol–water partition coefficient (Wildman–Crippen LogP) is 8.28. The molecule has 0 radical (unpaired) electrons. The first kappa shape index (κ1) is 21.5. The van der Waals surface area contributed by atoms with Gasteiger partial charge in [-0.25, -0.2) is 0 Å². The number of rotatable bonds is 2. The smallest absolute Gasteiger partial charge is 0.0158 e. The molecule has 4 aliphatic carbocycles. The molecule has 4 aliphatic rings. The van der Waals surface area contributed by atoms with Crippen LogP contribution in [0.2, 0.25) is 0 Å². The molecule has 0 aliphatic heterocycles. The molecule has 0 saturated heterocycles. The second-order valence-electron chi connectivity index (χ2n) is 10.7. The van der Waals surface area contributed by atoms with Crippen molar-refractivity contribution in [3.05, 3.63) is 124 Å². The van der Waals surface area contributed by atoms with E-state index in [1.165, 1.54) is 72.3 Å². The quantitative estimate of drug-likeness (QED) is 0.200. The summed E-state index contributed by atoms with van der Waals surface area (Å²) in [4.78, 5) is 0. The summed E-state index contributed by atoms with van der Waals surface area (Å²) in [6, 6.07) is 25.2. The van der Waals surface area contributed by atoms with E-state index in [2.05, 4.69) is 98.8 Å². The molecule has 0 saturated carbocycles. The Balaban J connectivity index is 0.00000210. The summed E-state index contributed by atoms with van der Waals surface area (Å²) < 4.78 is 0. The molecule has 0 atom stereocenters. The summed E-state index contributed by atoms with van der Waals surface area (Å²) in [7, 11) is 0. The SMILES string of the molecule is CC1(C)c2cc3c(c(-c4ccc5c(c4C4=[C-]CC=C4)Cc4ccccc4-5)c21)Cc1ccccc1-3.[Zr]. The van der Waals surface area contributed by atoms with E-state index in [1.807, 2.05) is 0 Å². The van der Waals surface area contributed by atoms with Gasteiger partial charge in [0.2, 0.25) is 0 Å². The average Bonchev–Trinajstić information content (AvgIpc) is 3.37. The average molecular weight is 525 g/mol. The fraction of sp³-hybridized carbons (Fsp3) is 0.176. The van der Waals surface area contributed by atoms with Crippen molar-refractivity contribution in [3.8, 4) is 33.4 Å². The summed E-state index contributed by atoms with van der Waals surface area (Å²) in [5, 5.41) is 0. The van der Waals surface area contributed by atoms with E-state index < -0.39 is 0 Å². The van der Waals surface area contributed by atoms with Crippen molar-refractivity contribution in [1.82, 2.24) is 0 Å². The molecular formula is C34H25Zr-. The first-order valence-electron chi connectivity index (χ1n) is 12.4. The molecule has 166 valence electrons. The molecular weight excluding hydrogens is 500 g/mol. The van der Waals surface area contributed by atoms with Crippen molar-refractivity contribution < 1.29 is 26.2 Å². The molecule has 4 aromatic carbocycles. The summed E-state index contributed by atoms with van der Waals surface area (Å²) in [5.41, 5.74) is 20.4. The van der Waals surface area contributed by atoms with Crippen LogP contribution in [0.4, 0.5) is 0 Å². The van der Waals surface area contributed by atoms with E-state index in [4.69, 9.17) is 0 Å². The Morgan fingerprint density at radius 1 is 0.686 bits per heavy atom. The van der Waals surface area contributed by atoms with E-state index in [0.717, 1.165) is 19.3 Å². The van der Waals surface area contributed by atoms with Gasteiger partial charge in [0.05, 0.1) is 0 Å². The maximum Gasteiger partial charge on any atom is 0.0158 e. The van der Waals surface area contributed by atoms with Crippen LogP contribution >= 0.6 is 0 Å². The molecule has 0 bridgehead atoms. The Bertz CT molecular complexity index is 1640. The molecule has 0 nitrogen and oxygen atoms in total. The van der Waals surface area contributed by atoms with Crippen LogP contribution in [-0.2, 0) is 44.5 Å². The second kappa shape index (κ2) is 7.38. The van der Waals surface area contributed by atoms with E-state index in [1.54, 1.807) is 5.56 Å². The monoisotopic (exact) mass is 523 g/mol. The summed E-state index contributed by atoms with van der Waals surface area (Å²) >= 11 is 0. The fourth-order valence-corrected chi connectivity index (χ4v) is 6.87. The largest absolute Gasteiger partial charge is 0.197 e. The van der Waals surface area contributed by atoms with E-state index in [9.17, 15) is 0 Å². The third-order valence-corrected chi connectivity index (χ3v) is 8.57. The van der Waals surface area contributed by atoms with Gasteiger partial charge in [0, 0.05) is 31.6 Å². The van der Waals surface area contributed by atoms with Crippen LogP contribution in [0.15, 0.2) is 78.9 Å². The normalized spacial score (nSPS) is 16.6. The van der Waals surface area contributed by atoms with Crippen molar-refractivity contribution in [2.24, 2.45) is 0 Å². The molecule has 8 rings (SSSR count). The van der Waals surface area contributed by atoms with Gasteiger partial charge in [-0.3, -0.25) is 0 Å². The first-order chi connectivity index (χ1) is 16.6. The van der Waals surface area contributed by atoms with E-state index in [0.29, 0.717) is 0 Å². The molecule has 4 aromatic rings. The van der Waals surface area contributed by atoms with Gasteiger partial charge in [0.15, 0.2) is 0 Å². The molecule has 0 aromatic heterocycles. The zero-order valence-electron chi connectivity index (χ0n) is 20.1. The van der Waals surface area contributed by atoms with Crippen LogP contribution < -0.4 is 0 Å². The summed E-state index contributed by atoms with van der Waals surface area (Å²) in [6.45, 7) is 4.79. The Hall–Kier alpha value is -2.76. The van der Waals surface area contributed by atoms with Gasteiger partial charge in [0.1, 0.15) is 0 Å². The van der Waals surface area contributed by atoms with Gasteiger partial charge in [-0.05, 0) is 74.5 Å². The van der Waals surface area contributed by atoms with Gasteiger partial charge in [-0.2, -0.15) is 17.7 Å². The molecule has 0 fully saturated rings. The van der Waals surface area contributed by atoms with Gasteiger partial charge < -0.3 is 0 Å². The van der Waals surface area contributed by atoms with E-state index >= 15 is 0 Å². The molecule has 0 unspecified atom stereocenters. The number of hydrogen-bond donors (Lipinski definition) is 0. The summed E-state index contributed by atoms with van der Waals surface area (Å²) in [6.07, 6.45) is 11.2. The maximum atomic E-state index is 3.69. The Morgan fingerprint density at radius 3 is 2.00 bits per heavy atom. The van der Waals surface area contributed by atoms with Crippen molar-refractivity contribution in [2.75, 3.05) is 0 Å². The molecule has 0 N–H and O–H groups in total. The van der Waals surface area contributed by atoms with Crippen LogP contribution in [0.3, 0.4) is 0 Å². The van der Waals surface area contributed by atoms with Crippen LogP contribution in [-0.4, -0.2) is 0 Å². The molecule has 0 amide bonds. The fourth-order valence-electron chi connectivity index (χ4n) is 6.87. The summed E-state index contributed by atoms with van der Waals surface area (Å²) in [5.74, 6) is 0. The Labute approximate surface area is 226 Å². The van der Waals surface area contributed by atoms with Crippen molar-refractivity contribution >= 4 is 5.57 Å². The van der Waals surface area contributed by atoms with Crippen LogP contribution in [0.25, 0.3) is 39.0 Å².